The number of piperidine rings is 1. The van der Waals surface area contributed by atoms with Crippen LogP contribution in [0.3, 0.4) is 0 Å². The number of nitrogens with zero attached hydrogens (tertiary/aromatic N) is 2. The second kappa shape index (κ2) is 10.2. The number of likely N-dealkylation sites (tertiary alicyclic amines) is 1. The molecule has 1 aromatic rings. The molecule has 1 amide bonds. The molecule has 1 fully saturated rings. The monoisotopic (exact) mass is 374 g/mol. The summed E-state index contributed by atoms with van der Waals surface area (Å²) in [6, 6.07) is 10.4. The van der Waals surface area contributed by atoms with Crippen LogP contribution in [0.4, 0.5) is 4.79 Å². The van der Waals surface area contributed by atoms with Gasteiger partial charge in [0, 0.05) is 33.2 Å². The predicted molar refractivity (Wildman–Crippen MR) is 110 cm³/mol. The zero-order valence-corrected chi connectivity index (χ0v) is 17.1. The van der Waals surface area contributed by atoms with Crippen LogP contribution < -0.4 is 10.6 Å². The van der Waals surface area contributed by atoms with Crippen molar-refractivity contribution in [2.24, 2.45) is 10.9 Å². The molecule has 2 rings (SSSR count). The summed E-state index contributed by atoms with van der Waals surface area (Å²) in [6.45, 7) is 8.83. The smallest absolute Gasteiger partial charge is 0.410 e. The summed E-state index contributed by atoms with van der Waals surface area (Å²) < 4.78 is 5.50. The van der Waals surface area contributed by atoms with E-state index in [4.69, 9.17) is 4.74 Å². The van der Waals surface area contributed by atoms with E-state index in [1.165, 1.54) is 5.56 Å². The van der Waals surface area contributed by atoms with Gasteiger partial charge in [-0.15, -0.1) is 0 Å². The fraction of sp³-hybridized carbons (Fsp3) is 0.619. The molecule has 6 nitrogen and oxygen atoms in total. The molecule has 0 aromatic heterocycles. The molecule has 0 aliphatic carbocycles. The van der Waals surface area contributed by atoms with Gasteiger partial charge in [0.05, 0.1) is 0 Å². The van der Waals surface area contributed by atoms with Crippen LogP contribution in [0.5, 0.6) is 0 Å². The van der Waals surface area contributed by atoms with Gasteiger partial charge in [0.1, 0.15) is 5.60 Å². The molecule has 0 bridgehead atoms. The largest absolute Gasteiger partial charge is 0.444 e. The minimum Gasteiger partial charge on any atom is -0.444 e. The molecular weight excluding hydrogens is 340 g/mol. The number of guanidine groups is 1. The molecule has 2 N–H and O–H groups in total. The summed E-state index contributed by atoms with van der Waals surface area (Å²) in [5, 5.41) is 6.75. The summed E-state index contributed by atoms with van der Waals surface area (Å²) in [5.41, 5.74) is 0.855. The van der Waals surface area contributed by atoms with Crippen LogP contribution in [0.15, 0.2) is 35.3 Å². The maximum absolute atomic E-state index is 12.3. The standard InChI is InChI=1S/C21H34N4O2/c1-21(2,3)27-20(26)25-14-8-11-18(16-25)15-24-19(22-4)23-13-12-17-9-6-5-7-10-17/h5-7,9-10,18H,8,11-16H2,1-4H3,(H2,22,23,24). The molecule has 1 atom stereocenters. The Morgan fingerprint density at radius 2 is 2.00 bits per heavy atom. The first kappa shape index (κ1) is 21.1. The van der Waals surface area contributed by atoms with E-state index in [-0.39, 0.29) is 6.09 Å². The Hall–Kier alpha value is -2.24. The van der Waals surface area contributed by atoms with Gasteiger partial charge in [0.15, 0.2) is 5.96 Å². The molecule has 0 radical (unpaired) electrons. The highest BCUT2D eigenvalue weighted by Crippen LogP contribution is 2.18. The van der Waals surface area contributed by atoms with Crippen LogP contribution in [0.2, 0.25) is 0 Å². The molecule has 1 unspecified atom stereocenters. The van der Waals surface area contributed by atoms with Crippen LogP contribution >= 0.6 is 0 Å². The molecule has 1 aliphatic rings. The second-order valence-electron chi connectivity index (χ2n) is 8.05. The van der Waals surface area contributed by atoms with Crippen LogP contribution in [0.25, 0.3) is 0 Å². The minimum atomic E-state index is -0.451. The highest BCUT2D eigenvalue weighted by atomic mass is 16.6. The van der Waals surface area contributed by atoms with Crippen molar-refractivity contribution >= 4 is 12.1 Å². The van der Waals surface area contributed by atoms with Crippen molar-refractivity contribution in [2.75, 3.05) is 33.2 Å². The quantitative estimate of drug-likeness (QED) is 0.614. The number of aliphatic imine (C=N–C) groups is 1. The third kappa shape index (κ3) is 7.89. The van der Waals surface area contributed by atoms with Gasteiger partial charge in [-0.3, -0.25) is 4.99 Å². The number of nitrogens with one attached hydrogen (secondary N) is 2. The summed E-state index contributed by atoms with van der Waals surface area (Å²) in [4.78, 5) is 18.4. The van der Waals surface area contributed by atoms with Gasteiger partial charge in [-0.05, 0) is 51.5 Å². The third-order valence-electron chi connectivity index (χ3n) is 4.50. The van der Waals surface area contributed by atoms with Crippen molar-refractivity contribution < 1.29 is 9.53 Å². The average molecular weight is 375 g/mol. The normalized spacial score (nSPS) is 18.1. The van der Waals surface area contributed by atoms with Gasteiger partial charge in [-0.2, -0.15) is 0 Å². The van der Waals surface area contributed by atoms with Crippen LogP contribution in [0, 0.1) is 5.92 Å². The Bertz CT molecular complexity index is 610. The highest BCUT2D eigenvalue weighted by Gasteiger charge is 2.27. The average Bonchev–Trinajstić information content (AvgIpc) is 2.64. The summed E-state index contributed by atoms with van der Waals surface area (Å²) in [7, 11) is 1.78. The van der Waals surface area contributed by atoms with Crippen molar-refractivity contribution in [3.63, 3.8) is 0 Å². The molecule has 1 heterocycles. The van der Waals surface area contributed by atoms with E-state index in [1.54, 1.807) is 7.05 Å². The first-order chi connectivity index (χ1) is 12.9. The number of ether oxygens (including phenoxy) is 1. The van der Waals surface area contributed by atoms with Crippen molar-refractivity contribution in [3.05, 3.63) is 35.9 Å². The number of amides is 1. The summed E-state index contributed by atoms with van der Waals surface area (Å²) >= 11 is 0. The van der Waals surface area contributed by atoms with Crippen LogP contribution in [-0.4, -0.2) is 55.8 Å². The molecular formula is C21H34N4O2. The zero-order valence-electron chi connectivity index (χ0n) is 17.1. The fourth-order valence-corrected chi connectivity index (χ4v) is 3.16. The number of benzene rings is 1. The molecule has 1 saturated heterocycles. The number of rotatable bonds is 5. The SMILES string of the molecule is CN=C(NCCc1ccccc1)NCC1CCCN(C(=O)OC(C)(C)C)C1. The highest BCUT2D eigenvalue weighted by molar-refractivity contribution is 5.79. The number of carbonyl (C=O) groups excluding carboxylic acids is 1. The Labute approximate surface area is 163 Å². The summed E-state index contributed by atoms with van der Waals surface area (Å²) in [5.74, 6) is 1.21. The van der Waals surface area contributed by atoms with Gasteiger partial charge in [-0.1, -0.05) is 30.3 Å². The molecule has 27 heavy (non-hydrogen) atoms. The third-order valence-corrected chi connectivity index (χ3v) is 4.50. The van der Waals surface area contributed by atoms with E-state index in [0.717, 1.165) is 51.4 Å². The van der Waals surface area contributed by atoms with E-state index in [9.17, 15) is 4.79 Å². The lowest BCUT2D eigenvalue weighted by Crippen LogP contribution is -2.47. The molecule has 150 valence electrons. The maximum Gasteiger partial charge on any atom is 0.410 e. The number of hydrogen-bond acceptors (Lipinski definition) is 3. The topological polar surface area (TPSA) is 66.0 Å². The predicted octanol–water partition coefficient (Wildman–Crippen LogP) is 3.04. The summed E-state index contributed by atoms with van der Waals surface area (Å²) in [6.07, 6.45) is 2.86. The Kier molecular flexibility index (Phi) is 7.95. The minimum absolute atomic E-state index is 0.211. The molecule has 0 spiro atoms. The first-order valence-corrected chi connectivity index (χ1v) is 9.84. The van der Waals surface area contributed by atoms with Crippen molar-refractivity contribution in [2.45, 2.75) is 45.6 Å². The van der Waals surface area contributed by atoms with Gasteiger partial charge in [0.2, 0.25) is 0 Å². The first-order valence-electron chi connectivity index (χ1n) is 9.84. The maximum atomic E-state index is 12.3. The Morgan fingerprint density at radius 3 is 2.67 bits per heavy atom. The second-order valence-corrected chi connectivity index (χ2v) is 8.05. The van der Waals surface area contributed by atoms with E-state index >= 15 is 0 Å². The van der Waals surface area contributed by atoms with E-state index in [0.29, 0.717) is 5.92 Å². The molecule has 6 heteroatoms. The lowest BCUT2D eigenvalue weighted by atomic mass is 9.98. The van der Waals surface area contributed by atoms with Gasteiger partial charge >= 0.3 is 6.09 Å². The fourth-order valence-electron chi connectivity index (χ4n) is 3.16. The van der Waals surface area contributed by atoms with Crippen LogP contribution in [0.1, 0.15) is 39.2 Å². The van der Waals surface area contributed by atoms with Gasteiger partial charge < -0.3 is 20.3 Å². The number of carbonyl (C=O) groups is 1. The van der Waals surface area contributed by atoms with Gasteiger partial charge in [-0.25, -0.2) is 4.79 Å². The Balaban J connectivity index is 1.72. The zero-order chi connectivity index (χ0) is 19.7. The molecule has 0 saturated carbocycles. The van der Waals surface area contributed by atoms with E-state index in [2.05, 4.69) is 39.9 Å². The lowest BCUT2D eigenvalue weighted by molar-refractivity contribution is 0.0168. The van der Waals surface area contributed by atoms with Crippen LogP contribution in [-0.2, 0) is 11.2 Å². The number of hydrogen-bond donors (Lipinski definition) is 2. The van der Waals surface area contributed by atoms with Gasteiger partial charge in [0.25, 0.3) is 0 Å². The van der Waals surface area contributed by atoms with Crippen molar-refractivity contribution in [3.8, 4) is 0 Å². The van der Waals surface area contributed by atoms with Crippen molar-refractivity contribution in [1.29, 1.82) is 0 Å². The van der Waals surface area contributed by atoms with E-state index in [1.807, 2.05) is 31.7 Å². The lowest BCUT2D eigenvalue weighted by Gasteiger charge is -2.34. The van der Waals surface area contributed by atoms with Crippen molar-refractivity contribution in [1.82, 2.24) is 15.5 Å². The van der Waals surface area contributed by atoms with E-state index < -0.39 is 5.60 Å². The molecule has 1 aliphatic heterocycles. The Morgan fingerprint density at radius 1 is 1.26 bits per heavy atom. The molecule has 1 aromatic carbocycles.